The van der Waals surface area contributed by atoms with E-state index >= 15 is 0 Å². The highest BCUT2D eigenvalue weighted by molar-refractivity contribution is 6.39. The van der Waals surface area contributed by atoms with Crippen LogP contribution in [0.4, 0.5) is 18.9 Å². The molecule has 2 aromatic carbocycles. The molecule has 1 fully saturated rings. The van der Waals surface area contributed by atoms with Crippen molar-refractivity contribution in [2.24, 2.45) is 0 Å². The first-order valence-corrected chi connectivity index (χ1v) is 9.64. The second-order valence-corrected chi connectivity index (χ2v) is 6.85. The number of halogens is 3. The van der Waals surface area contributed by atoms with E-state index in [-0.39, 0.29) is 18.3 Å². The molecule has 7 nitrogen and oxygen atoms in total. The molecule has 0 aromatic heterocycles. The predicted octanol–water partition coefficient (Wildman–Crippen LogP) is 2.71. The largest absolute Gasteiger partial charge is 0.573 e. The van der Waals surface area contributed by atoms with Crippen LogP contribution in [0.25, 0.3) is 0 Å². The molecular weight excluding hydrogens is 415 g/mol. The zero-order valence-corrected chi connectivity index (χ0v) is 16.5. The van der Waals surface area contributed by atoms with Gasteiger partial charge in [-0.25, -0.2) is 0 Å². The minimum Gasteiger partial charge on any atom is -0.406 e. The van der Waals surface area contributed by atoms with E-state index in [0.29, 0.717) is 19.7 Å². The average molecular weight is 437 g/mol. The van der Waals surface area contributed by atoms with Gasteiger partial charge in [-0.15, -0.1) is 13.2 Å². The Labute approximate surface area is 177 Å². The first kappa shape index (κ1) is 22.6. The summed E-state index contributed by atoms with van der Waals surface area (Å²) in [5.74, 6) is -2.16. The second kappa shape index (κ2) is 10.3. The Morgan fingerprint density at radius 2 is 1.77 bits per heavy atom. The monoisotopic (exact) mass is 437 g/mol. The third-order valence-electron chi connectivity index (χ3n) is 4.59. The summed E-state index contributed by atoms with van der Waals surface area (Å²) in [5, 5.41) is 4.87. The van der Waals surface area contributed by atoms with Crippen LogP contribution in [0, 0.1) is 0 Å². The number of nitrogens with one attached hydrogen (secondary N) is 2. The fourth-order valence-electron chi connectivity index (χ4n) is 3.11. The number of nitrogens with zero attached hydrogens (tertiary/aromatic N) is 1. The van der Waals surface area contributed by atoms with Crippen LogP contribution in [0.15, 0.2) is 54.6 Å². The maximum Gasteiger partial charge on any atom is 0.573 e. The van der Waals surface area contributed by atoms with Crippen molar-refractivity contribution in [1.82, 2.24) is 10.2 Å². The van der Waals surface area contributed by atoms with Crippen LogP contribution in [0.2, 0.25) is 0 Å². The molecule has 1 aliphatic rings. The van der Waals surface area contributed by atoms with Gasteiger partial charge in [0, 0.05) is 31.9 Å². The molecule has 2 N–H and O–H groups in total. The third-order valence-corrected chi connectivity index (χ3v) is 4.59. The number of carbonyl (C=O) groups is 2. The maximum atomic E-state index is 12.2. The molecule has 31 heavy (non-hydrogen) atoms. The summed E-state index contributed by atoms with van der Waals surface area (Å²) >= 11 is 0. The van der Waals surface area contributed by atoms with Crippen LogP contribution < -0.4 is 15.4 Å². The van der Waals surface area contributed by atoms with E-state index in [4.69, 9.17) is 4.74 Å². The molecule has 1 aliphatic heterocycles. The predicted molar refractivity (Wildman–Crippen MR) is 106 cm³/mol. The fourth-order valence-corrected chi connectivity index (χ4v) is 3.11. The van der Waals surface area contributed by atoms with Gasteiger partial charge in [0.15, 0.2) is 0 Å². The SMILES string of the molecule is O=C(NCCN1CCO[C@H](c2ccccc2)C1)C(=O)Nc1ccc(OC(F)(F)F)cc1. The van der Waals surface area contributed by atoms with Crippen LogP contribution in [-0.2, 0) is 14.3 Å². The number of rotatable bonds is 6. The van der Waals surface area contributed by atoms with Crippen molar-refractivity contribution in [3.63, 3.8) is 0 Å². The van der Waals surface area contributed by atoms with E-state index in [0.717, 1.165) is 24.2 Å². The minimum atomic E-state index is -4.80. The van der Waals surface area contributed by atoms with Gasteiger partial charge in [-0.1, -0.05) is 30.3 Å². The van der Waals surface area contributed by atoms with Gasteiger partial charge in [0.2, 0.25) is 0 Å². The number of anilines is 1. The molecule has 1 saturated heterocycles. The number of hydrogen-bond acceptors (Lipinski definition) is 5. The summed E-state index contributed by atoms with van der Waals surface area (Å²) in [6.07, 6.45) is -4.84. The molecular formula is C21H22F3N3O4. The summed E-state index contributed by atoms with van der Waals surface area (Å²) < 4.78 is 46.0. The molecule has 0 radical (unpaired) electrons. The molecule has 0 spiro atoms. The average Bonchev–Trinajstić information content (AvgIpc) is 2.75. The minimum absolute atomic E-state index is 0.0433. The van der Waals surface area contributed by atoms with Gasteiger partial charge in [0.05, 0.1) is 12.7 Å². The highest BCUT2D eigenvalue weighted by atomic mass is 19.4. The van der Waals surface area contributed by atoms with Crippen molar-refractivity contribution in [2.75, 3.05) is 38.1 Å². The molecule has 0 aliphatic carbocycles. The number of morpholine rings is 1. The number of alkyl halides is 3. The van der Waals surface area contributed by atoms with Gasteiger partial charge in [-0.3, -0.25) is 14.5 Å². The Morgan fingerprint density at radius 3 is 2.45 bits per heavy atom. The lowest BCUT2D eigenvalue weighted by molar-refractivity contribution is -0.274. The number of hydrogen-bond donors (Lipinski definition) is 2. The normalized spacial score (nSPS) is 17.1. The molecule has 2 amide bonds. The first-order chi connectivity index (χ1) is 14.8. The molecule has 0 bridgehead atoms. The Morgan fingerprint density at radius 1 is 1.06 bits per heavy atom. The van der Waals surface area contributed by atoms with Gasteiger partial charge >= 0.3 is 18.2 Å². The van der Waals surface area contributed by atoms with Crippen molar-refractivity contribution in [2.45, 2.75) is 12.5 Å². The Balaban J connectivity index is 1.40. The highest BCUT2D eigenvalue weighted by Gasteiger charge is 2.31. The Hall–Kier alpha value is -3.11. The van der Waals surface area contributed by atoms with Gasteiger partial charge in [-0.2, -0.15) is 0 Å². The quantitative estimate of drug-likeness (QED) is 0.680. The lowest BCUT2D eigenvalue weighted by Gasteiger charge is -2.33. The first-order valence-electron chi connectivity index (χ1n) is 9.64. The second-order valence-electron chi connectivity index (χ2n) is 6.85. The maximum absolute atomic E-state index is 12.2. The van der Waals surface area contributed by atoms with Crippen molar-refractivity contribution in [1.29, 1.82) is 0 Å². The van der Waals surface area contributed by atoms with Crippen LogP contribution in [0.1, 0.15) is 11.7 Å². The molecule has 1 heterocycles. The number of carbonyl (C=O) groups excluding carboxylic acids is 2. The van der Waals surface area contributed by atoms with E-state index in [2.05, 4.69) is 20.3 Å². The molecule has 0 unspecified atom stereocenters. The van der Waals surface area contributed by atoms with Crippen molar-refractivity contribution >= 4 is 17.5 Å². The Bertz CT molecular complexity index is 876. The zero-order valence-electron chi connectivity index (χ0n) is 16.5. The van der Waals surface area contributed by atoms with Crippen LogP contribution in [0.3, 0.4) is 0 Å². The van der Waals surface area contributed by atoms with E-state index in [1.54, 1.807) is 0 Å². The molecule has 0 saturated carbocycles. The van der Waals surface area contributed by atoms with Crippen LogP contribution >= 0.6 is 0 Å². The van der Waals surface area contributed by atoms with Crippen molar-refractivity contribution in [3.05, 3.63) is 60.2 Å². The highest BCUT2D eigenvalue weighted by Crippen LogP contribution is 2.24. The molecule has 1 atom stereocenters. The summed E-state index contributed by atoms with van der Waals surface area (Å²) in [6, 6.07) is 14.4. The topological polar surface area (TPSA) is 79.9 Å². The number of ether oxygens (including phenoxy) is 2. The van der Waals surface area contributed by atoms with Crippen LogP contribution in [0.5, 0.6) is 5.75 Å². The summed E-state index contributed by atoms with van der Waals surface area (Å²) in [5.41, 5.74) is 1.26. The summed E-state index contributed by atoms with van der Waals surface area (Å²) in [7, 11) is 0. The Kier molecular flexibility index (Phi) is 7.48. The van der Waals surface area contributed by atoms with E-state index in [1.807, 2.05) is 30.3 Å². The van der Waals surface area contributed by atoms with Gasteiger partial charge in [0.25, 0.3) is 0 Å². The lowest BCUT2D eigenvalue weighted by Crippen LogP contribution is -2.44. The number of amides is 2. The molecule has 3 rings (SSSR count). The number of benzene rings is 2. The van der Waals surface area contributed by atoms with Gasteiger partial charge in [-0.05, 0) is 29.8 Å². The zero-order chi connectivity index (χ0) is 22.3. The molecule has 166 valence electrons. The third kappa shape index (κ3) is 7.26. The van der Waals surface area contributed by atoms with Gasteiger partial charge in [0.1, 0.15) is 5.75 Å². The van der Waals surface area contributed by atoms with Crippen LogP contribution in [-0.4, -0.2) is 55.9 Å². The van der Waals surface area contributed by atoms with E-state index in [1.165, 1.54) is 12.1 Å². The fraction of sp³-hybridized carbons (Fsp3) is 0.333. The molecule has 2 aromatic rings. The molecule has 10 heteroatoms. The lowest BCUT2D eigenvalue weighted by atomic mass is 10.1. The smallest absolute Gasteiger partial charge is 0.406 e. The standard InChI is InChI=1S/C21H22F3N3O4/c22-21(23,24)31-17-8-6-16(7-9-17)26-20(29)19(28)25-10-11-27-12-13-30-18(14-27)15-4-2-1-3-5-15/h1-9,18H,10-14H2,(H,25,28)(H,26,29)/t18-/m0/s1. The van der Waals surface area contributed by atoms with Gasteiger partial charge < -0.3 is 20.1 Å². The summed E-state index contributed by atoms with van der Waals surface area (Å²) in [4.78, 5) is 26.1. The van der Waals surface area contributed by atoms with Crippen molar-refractivity contribution < 1.29 is 32.2 Å². The van der Waals surface area contributed by atoms with E-state index in [9.17, 15) is 22.8 Å². The summed E-state index contributed by atoms with van der Waals surface area (Å²) in [6.45, 7) is 2.79. The van der Waals surface area contributed by atoms with E-state index < -0.39 is 23.9 Å². The van der Waals surface area contributed by atoms with Crippen molar-refractivity contribution in [3.8, 4) is 5.75 Å².